The minimum Gasteiger partial charge on any atom is -0.384 e. The molecule has 3 rings (SSSR count). The molecule has 0 atom stereocenters. The molecule has 1 N–H and O–H groups in total. The number of hydrogen-bond acceptors (Lipinski definition) is 5. The van der Waals surface area contributed by atoms with Crippen molar-refractivity contribution in [1.29, 1.82) is 0 Å². The topological polar surface area (TPSA) is 89.2 Å². The molecule has 128 valence electrons. The second-order valence-corrected chi connectivity index (χ2v) is 6.03. The van der Waals surface area contributed by atoms with Gasteiger partial charge in [-0.15, -0.1) is 0 Å². The first-order valence-corrected chi connectivity index (χ1v) is 8.07. The summed E-state index contributed by atoms with van der Waals surface area (Å²) < 4.78 is 2.45. The van der Waals surface area contributed by atoms with Crippen LogP contribution in [0, 0.1) is 0 Å². The molecule has 0 bridgehead atoms. The van der Waals surface area contributed by atoms with E-state index in [4.69, 9.17) is 0 Å². The van der Waals surface area contributed by atoms with E-state index in [-0.39, 0.29) is 11.5 Å². The fourth-order valence-electron chi connectivity index (χ4n) is 3.07. The van der Waals surface area contributed by atoms with Crippen LogP contribution in [0.5, 0.6) is 0 Å². The van der Waals surface area contributed by atoms with Crippen molar-refractivity contribution >= 4 is 22.6 Å². The molecule has 1 aliphatic rings. The van der Waals surface area contributed by atoms with Crippen LogP contribution in [0.15, 0.2) is 21.9 Å². The predicted octanol–water partition coefficient (Wildman–Crippen LogP) is 0.0566. The molecule has 2 aromatic heterocycles. The Hall–Kier alpha value is -2.64. The van der Waals surface area contributed by atoms with Crippen LogP contribution in [-0.4, -0.2) is 44.6 Å². The number of aryl methyl sites for hydroxylation is 1. The Morgan fingerprint density at radius 2 is 2.00 bits per heavy atom. The Morgan fingerprint density at radius 3 is 2.71 bits per heavy atom. The van der Waals surface area contributed by atoms with Crippen molar-refractivity contribution in [1.82, 2.24) is 19.0 Å². The quantitative estimate of drug-likeness (QED) is 0.783. The summed E-state index contributed by atoms with van der Waals surface area (Å²) in [5.41, 5.74) is 0.259. The number of anilines is 1. The van der Waals surface area contributed by atoms with Crippen molar-refractivity contribution in [3.8, 4) is 0 Å². The zero-order chi connectivity index (χ0) is 17.3. The van der Waals surface area contributed by atoms with E-state index in [1.807, 2.05) is 4.90 Å². The highest BCUT2D eigenvalue weighted by Gasteiger charge is 2.19. The number of carbonyl (C=O) groups excluding carboxylic acids is 1. The van der Waals surface area contributed by atoms with Gasteiger partial charge < -0.3 is 10.2 Å². The van der Waals surface area contributed by atoms with Gasteiger partial charge >= 0.3 is 5.69 Å². The number of aromatic nitrogens is 3. The summed E-state index contributed by atoms with van der Waals surface area (Å²) in [5.74, 6) is 0.216. The maximum atomic E-state index is 12.4. The molecule has 1 saturated heterocycles. The normalized spacial score (nSPS) is 14.6. The first-order valence-electron chi connectivity index (χ1n) is 8.07. The monoisotopic (exact) mass is 331 g/mol. The van der Waals surface area contributed by atoms with Crippen LogP contribution < -0.4 is 16.6 Å². The summed E-state index contributed by atoms with van der Waals surface area (Å²) >= 11 is 0. The van der Waals surface area contributed by atoms with E-state index in [2.05, 4.69) is 10.3 Å². The lowest BCUT2D eigenvalue weighted by molar-refractivity contribution is -0.127. The smallest absolute Gasteiger partial charge is 0.332 e. The average molecular weight is 331 g/mol. The molecule has 1 aliphatic heterocycles. The van der Waals surface area contributed by atoms with Crippen LogP contribution in [0.3, 0.4) is 0 Å². The number of nitrogens with one attached hydrogen (secondary N) is 1. The number of likely N-dealkylation sites (tertiary alicyclic amines) is 1. The third kappa shape index (κ3) is 2.79. The minimum atomic E-state index is -0.398. The molecule has 1 amide bonds. The van der Waals surface area contributed by atoms with Gasteiger partial charge in [0, 0.05) is 46.3 Å². The van der Waals surface area contributed by atoms with Gasteiger partial charge in [-0.3, -0.25) is 18.7 Å². The van der Waals surface area contributed by atoms with E-state index < -0.39 is 5.69 Å². The lowest BCUT2D eigenvalue weighted by atomic mass is 10.2. The van der Waals surface area contributed by atoms with E-state index in [0.717, 1.165) is 24.0 Å². The highest BCUT2D eigenvalue weighted by atomic mass is 16.2. The average Bonchev–Trinajstić information content (AvgIpc) is 2.99. The number of pyridine rings is 1. The van der Waals surface area contributed by atoms with Gasteiger partial charge in [-0.25, -0.2) is 9.78 Å². The summed E-state index contributed by atoms with van der Waals surface area (Å²) in [6.45, 7) is 2.18. The molecule has 0 unspecified atom stereocenters. The Kier molecular flexibility index (Phi) is 4.37. The zero-order valence-electron chi connectivity index (χ0n) is 13.9. The number of rotatable bonds is 5. The molecule has 0 radical (unpaired) electrons. The maximum absolute atomic E-state index is 12.4. The number of amides is 1. The Bertz CT molecular complexity index is 899. The van der Waals surface area contributed by atoms with Crippen LogP contribution in [0.1, 0.15) is 19.3 Å². The molecule has 0 saturated carbocycles. The third-order valence-electron chi connectivity index (χ3n) is 4.43. The lowest BCUT2D eigenvalue weighted by Gasteiger charge is -2.16. The summed E-state index contributed by atoms with van der Waals surface area (Å²) in [6.07, 6.45) is 3.95. The second-order valence-electron chi connectivity index (χ2n) is 6.03. The van der Waals surface area contributed by atoms with Crippen molar-refractivity contribution in [3.05, 3.63) is 33.1 Å². The molecule has 0 aliphatic carbocycles. The van der Waals surface area contributed by atoms with Gasteiger partial charge in [0.2, 0.25) is 5.91 Å². The molecule has 8 nitrogen and oxygen atoms in total. The van der Waals surface area contributed by atoms with E-state index in [0.29, 0.717) is 36.2 Å². The minimum absolute atomic E-state index is 0.216. The summed E-state index contributed by atoms with van der Waals surface area (Å²) in [4.78, 5) is 42.0. The highest BCUT2D eigenvalue weighted by molar-refractivity contribution is 5.88. The number of fused-ring (bicyclic) bond motifs is 1. The summed E-state index contributed by atoms with van der Waals surface area (Å²) in [7, 11) is 3.06. The Morgan fingerprint density at radius 1 is 1.21 bits per heavy atom. The van der Waals surface area contributed by atoms with Gasteiger partial charge in [0.15, 0.2) is 5.65 Å². The third-order valence-corrected chi connectivity index (χ3v) is 4.43. The van der Waals surface area contributed by atoms with E-state index in [1.54, 1.807) is 19.3 Å². The first-order chi connectivity index (χ1) is 11.5. The van der Waals surface area contributed by atoms with Crippen molar-refractivity contribution in [2.75, 3.05) is 25.0 Å². The fraction of sp³-hybridized carbons (Fsp3) is 0.500. The van der Waals surface area contributed by atoms with Gasteiger partial charge in [-0.2, -0.15) is 0 Å². The molecule has 8 heteroatoms. The Labute approximate surface area is 138 Å². The molecule has 3 heterocycles. The van der Waals surface area contributed by atoms with E-state index >= 15 is 0 Å². The second kappa shape index (κ2) is 6.46. The van der Waals surface area contributed by atoms with Crippen molar-refractivity contribution in [2.24, 2.45) is 14.1 Å². The van der Waals surface area contributed by atoms with Gasteiger partial charge in [0.25, 0.3) is 5.56 Å². The van der Waals surface area contributed by atoms with Crippen LogP contribution in [0.4, 0.5) is 5.69 Å². The van der Waals surface area contributed by atoms with E-state index in [9.17, 15) is 14.4 Å². The predicted molar refractivity (Wildman–Crippen MR) is 91.1 cm³/mol. The van der Waals surface area contributed by atoms with Crippen LogP contribution in [0.25, 0.3) is 11.0 Å². The molecule has 0 aromatic carbocycles. The molecule has 24 heavy (non-hydrogen) atoms. The number of carbonyl (C=O) groups is 1. The summed E-state index contributed by atoms with van der Waals surface area (Å²) in [5, 5.41) is 3.64. The highest BCUT2D eigenvalue weighted by Crippen LogP contribution is 2.16. The molecular formula is C16H21N5O3. The number of hydrogen-bond donors (Lipinski definition) is 1. The van der Waals surface area contributed by atoms with Gasteiger partial charge in [0.05, 0.1) is 5.69 Å². The van der Waals surface area contributed by atoms with Crippen molar-refractivity contribution in [3.63, 3.8) is 0 Å². The number of nitrogens with zero attached hydrogens (tertiary/aromatic N) is 4. The fourth-order valence-corrected chi connectivity index (χ4v) is 3.07. The molecule has 1 fully saturated rings. The van der Waals surface area contributed by atoms with Gasteiger partial charge in [-0.05, 0) is 18.9 Å². The maximum Gasteiger partial charge on any atom is 0.332 e. The lowest BCUT2D eigenvalue weighted by Crippen LogP contribution is -2.37. The van der Waals surface area contributed by atoms with Gasteiger partial charge in [0.1, 0.15) is 5.39 Å². The zero-order valence-corrected chi connectivity index (χ0v) is 13.9. The van der Waals surface area contributed by atoms with Crippen LogP contribution >= 0.6 is 0 Å². The molecule has 0 spiro atoms. The van der Waals surface area contributed by atoms with Crippen LogP contribution in [-0.2, 0) is 18.9 Å². The Balaban J connectivity index is 1.79. The molecular weight excluding hydrogens is 310 g/mol. The largest absolute Gasteiger partial charge is 0.384 e. The van der Waals surface area contributed by atoms with Crippen molar-refractivity contribution in [2.45, 2.75) is 19.3 Å². The molecule has 2 aromatic rings. The summed E-state index contributed by atoms with van der Waals surface area (Å²) in [6, 6.07) is 1.73. The van der Waals surface area contributed by atoms with Gasteiger partial charge in [-0.1, -0.05) is 0 Å². The standard InChI is InChI=1S/C16H21N5O3/c1-19-14-13(15(23)20(2)16(19)24)11(6-8-18-14)17-7-4-10-21-9-3-5-12(21)22/h6,8H,3-5,7,9-10H2,1-2H3,(H,17,18). The van der Waals surface area contributed by atoms with E-state index in [1.165, 1.54) is 11.6 Å². The van der Waals surface area contributed by atoms with Crippen LogP contribution in [0.2, 0.25) is 0 Å². The van der Waals surface area contributed by atoms with Crippen molar-refractivity contribution < 1.29 is 4.79 Å². The SMILES string of the molecule is Cn1c(=O)c2c(NCCCN3CCCC3=O)ccnc2n(C)c1=O. The first kappa shape index (κ1) is 16.2.